The van der Waals surface area contributed by atoms with Crippen LogP contribution in [0, 0.1) is 0 Å². The van der Waals surface area contributed by atoms with Crippen LogP contribution in [0.4, 0.5) is 5.69 Å². The minimum Gasteiger partial charge on any atom is -0.398 e. The average molecular weight is 210 g/mol. The molecule has 0 saturated heterocycles. The smallest absolute Gasteiger partial charge is 0.0816 e. The summed E-state index contributed by atoms with van der Waals surface area (Å²) in [6.45, 7) is 0. The number of aromatic nitrogens is 3. The Morgan fingerprint density at radius 3 is 2.81 bits per heavy atom. The van der Waals surface area contributed by atoms with Gasteiger partial charge < -0.3 is 5.73 Å². The molecule has 0 atom stereocenters. The molecule has 2 heterocycles. The standard InChI is InChI=1S/C12H10N4/c13-10-4-6-14-12-8(10)2-1-3-9(12)11-5-7-15-16-11/h1-7H,(H2,13,14)(H,15,16). The number of anilines is 1. The Kier molecular flexibility index (Phi) is 1.86. The van der Waals surface area contributed by atoms with Crippen LogP contribution in [0.2, 0.25) is 0 Å². The Morgan fingerprint density at radius 2 is 2.00 bits per heavy atom. The number of para-hydroxylation sites is 1. The molecule has 2 aromatic heterocycles. The van der Waals surface area contributed by atoms with E-state index in [1.165, 1.54) is 0 Å². The van der Waals surface area contributed by atoms with Gasteiger partial charge in [-0.25, -0.2) is 0 Å². The van der Waals surface area contributed by atoms with Crippen LogP contribution >= 0.6 is 0 Å². The number of aromatic amines is 1. The third-order valence-corrected chi connectivity index (χ3v) is 2.60. The fourth-order valence-corrected chi connectivity index (χ4v) is 1.82. The normalized spacial score (nSPS) is 10.8. The van der Waals surface area contributed by atoms with Crippen molar-refractivity contribution in [2.75, 3.05) is 5.73 Å². The average Bonchev–Trinajstić information content (AvgIpc) is 2.82. The lowest BCUT2D eigenvalue weighted by molar-refractivity contribution is 1.10. The van der Waals surface area contributed by atoms with Crippen molar-refractivity contribution < 1.29 is 0 Å². The Morgan fingerprint density at radius 1 is 1.06 bits per heavy atom. The lowest BCUT2D eigenvalue weighted by Crippen LogP contribution is -1.90. The summed E-state index contributed by atoms with van der Waals surface area (Å²) in [7, 11) is 0. The molecule has 3 N–H and O–H groups in total. The molecule has 4 nitrogen and oxygen atoms in total. The zero-order valence-corrected chi connectivity index (χ0v) is 8.51. The molecule has 3 rings (SSSR count). The number of nitrogens with one attached hydrogen (secondary N) is 1. The fraction of sp³-hybridized carbons (Fsp3) is 0. The van der Waals surface area contributed by atoms with Gasteiger partial charge in [-0.3, -0.25) is 10.1 Å². The summed E-state index contributed by atoms with van der Waals surface area (Å²) >= 11 is 0. The highest BCUT2D eigenvalue weighted by Gasteiger charge is 2.06. The van der Waals surface area contributed by atoms with Crippen molar-refractivity contribution in [2.45, 2.75) is 0 Å². The van der Waals surface area contributed by atoms with Crippen molar-refractivity contribution in [2.24, 2.45) is 0 Å². The maximum absolute atomic E-state index is 5.91. The fourth-order valence-electron chi connectivity index (χ4n) is 1.82. The largest absolute Gasteiger partial charge is 0.398 e. The Bertz CT molecular complexity index is 629. The lowest BCUT2D eigenvalue weighted by atomic mass is 10.1. The molecule has 0 amide bonds. The minimum atomic E-state index is 0.742. The molecular formula is C12H10N4. The van der Waals surface area contributed by atoms with Crippen molar-refractivity contribution in [3.05, 3.63) is 42.7 Å². The highest BCUT2D eigenvalue weighted by atomic mass is 15.1. The molecular weight excluding hydrogens is 200 g/mol. The summed E-state index contributed by atoms with van der Waals surface area (Å²) in [5.74, 6) is 0. The summed E-state index contributed by atoms with van der Waals surface area (Å²) in [4.78, 5) is 4.37. The summed E-state index contributed by atoms with van der Waals surface area (Å²) in [5.41, 5.74) is 9.51. The Labute approximate surface area is 92.1 Å². The number of nitrogens with two attached hydrogens (primary N) is 1. The second-order valence-electron chi connectivity index (χ2n) is 3.57. The second kappa shape index (κ2) is 3.34. The topological polar surface area (TPSA) is 67.6 Å². The first-order chi connectivity index (χ1) is 7.86. The first-order valence-electron chi connectivity index (χ1n) is 4.99. The molecule has 0 aliphatic carbocycles. The van der Waals surface area contributed by atoms with E-state index in [0.717, 1.165) is 27.8 Å². The van der Waals surface area contributed by atoms with E-state index in [4.69, 9.17) is 5.73 Å². The molecule has 16 heavy (non-hydrogen) atoms. The SMILES string of the molecule is Nc1ccnc2c(-c3ccn[nH]3)cccc12. The number of hydrogen-bond donors (Lipinski definition) is 2. The molecule has 0 unspecified atom stereocenters. The van der Waals surface area contributed by atoms with Gasteiger partial charge in [-0.2, -0.15) is 5.10 Å². The molecule has 4 heteroatoms. The van der Waals surface area contributed by atoms with Crippen LogP contribution in [0.1, 0.15) is 0 Å². The Hall–Kier alpha value is -2.36. The van der Waals surface area contributed by atoms with Crippen LogP contribution < -0.4 is 5.73 Å². The predicted molar refractivity (Wildman–Crippen MR) is 63.7 cm³/mol. The van der Waals surface area contributed by atoms with E-state index in [9.17, 15) is 0 Å². The molecule has 78 valence electrons. The number of nitrogens with zero attached hydrogens (tertiary/aromatic N) is 2. The van der Waals surface area contributed by atoms with Crippen LogP contribution in [0.15, 0.2) is 42.7 Å². The predicted octanol–water partition coefficient (Wildman–Crippen LogP) is 2.21. The van der Waals surface area contributed by atoms with Gasteiger partial charge in [-0.05, 0) is 12.1 Å². The second-order valence-corrected chi connectivity index (χ2v) is 3.57. The van der Waals surface area contributed by atoms with Crippen LogP contribution in [-0.4, -0.2) is 15.2 Å². The quantitative estimate of drug-likeness (QED) is 0.647. The van der Waals surface area contributed by atoms with Gasteiger partial charge in [0.05, 0.1) is 11.2 Å². The van der Waals surface area contributed by atoms with E-state index in [-0.39, 0.29) is 0 Å². The number of benzene rings is 1. The maximum Gasteiger partial charge on any atom is 0.0816 e. The highest BCUT2D eigenvalue weighted by Crippen LogP contribution is 2.27. The van der Waals surface area contributed by atoms with Gasteiger partial charge in [0, 0.05) is 29.0 Å². The van der Waals surface area contributed by atoms with Gasteiger partial charge in [-0.15, -0.1) is 0 Å². The van der Waals surface area contributed by atoms with Gasteiger partial charge in [0.25, 0.3) is 0 Å². The maximum atomic E-state index is 5.91. The third kappa shape index (κ3) is 1.24. The van der Waals surface area contributed by atoms with Gasteiger partial charge in [0.15, 0.2) is 0 Å². The summed E-state index contributed by atoms with van der Waals surface area (Å²) < 4.78 is 0. The number of hydrogen-bond acceptors (Lipinski definition) is 3. The van der Waals surface area contributed by atoms with Gasteiger partial charge in [-0.1, -0.05) is 18.2 Å². The van der Waals surface area contributed by atoms with E-state index < -0.39 is 0 Å². The summed E-state index contributed by atoms with van der Waals surface area (Å²) in [6, 6.07) is 9.66. The third-order valence-electron chi connectivity index (χ3n) is 2.60. The molecule has 3 aromatic rings. The van der Waals surface area contributed by atoms with Crippen molar-refractivity contribution in [3.63, 3.8) is 0 Å². The van der Waals surface area contributed by atoms with E-state index >= 15 is 0 Å². The molecule has 1 aromatic carbocycles. The van der Waals surface area contributed by atoms with Gasteiger partial charge in [0.2, 0.25) is 0 Å². The highest BCUT2D eigenvalue weighted by molar-refractivity contribution is 5.98. The van der Waals surface area contributed by atoms with E-state index in [1.54, 1.807) is 18.5 Å². The number of H-pyrrole nitrogens is 1. The van der Waals surface area contributed by atoms with Gasteiger partial charge >= 0.3 is 0 Å². The molecule has 0 aliphatic rings. The van der Waals surface area contributed by atoms with Crippen molar-refractivity contribution in [1.82, 2.24) is 15.2 Å². The number of rotatable bonds is 1. The van der Waals surface area contributed by atoms with E-state index in [0.29, 0.717) is 0 Å². The van der Waals surface area contributed by atoms with Crippen molar-refractivity contribution in [1.29, 1.82) is 0 Å². The number of nitrogen functional groups attached to an aromatic ring is 1. The lowest BCUT2D eigenvalue weighted by Gasteiger charge is -2.05. The monoisotopic (exact) mass is 210 g/mol. The summed E-state index contributed by atoms with van der Waals surface area (Å²) in [6.07, 6.45) is 3.44. The zero-order valence-electron chi connectivity index (χ0n) is 8.51. The van der Waals surface area contributed by atoms with E-state index in [2.05, 4.69) is 15.2 Å². The van der Waals surface area contributed by atoms with Gasteiger partial charge in [0.1, 0.15) is 0 Å². The van der Waals surface area contributed by atoms with Crippen LogP contribution in [0.3, 0.4) is 0 Å². The molecule has 0 radical (unpaired) electrons. The van der Waals surface area contributed by atoms with Crippen LogP contribution in [0.25, 0.3) is 22.2 Å². The Balaban J connectivity index is 2.38. The summed E-state index contributed by atoms with van der Waals surface area (Å²) in [5, 5.41) is 7.85. The number of fused-ring (bicyclic) bond motifs is 1. The zero-order chi connectivity index (χ0) is 11.0. The number of pyridine rings is 1. The van der Waals surface area contributed by atoms with Crippen LogP contribution in [-0.2, 0) is 0 Å². The van der Waals surface area contributed by atoms with Crippen LogP contribution in [0.5, 0.6) is 0 Å². The van der Waals surface area contributed by atoms with Crippen molar-refractivity contribution >= 4 is 16.6 Å². The molecule has 0 aliphatic heterocycles. The van der Waals surface area contributed by atoms with Crippen molar-refractivity contribution in [3.8, 4) is 11.3 Å². The minimum absolute atomic E-state index is 0.742. The molecule has 0 fully saturated rings. The molecule has 0 bridgehead atoms. The van der Waals surface area contributed by atoms with E-state index in [1.807, 2.05) is 24.3 Å². The molecule has 0 saturated carbocycles. The first kappa shape index (κ1) is 8.91. The first-order valence-corrected chi connectivity index (χ1v) is 4.99. The molecule has 0 spiro atoms.